The first kappa shape index (κ1) is 18.1. The van der Waals surface area contributed by atoms with Crippen LogP contribution in [0.2, 0.25) is 0 Å². The predicted molar refractivity (Wildman–Crippen MR) is 104 cm³/mol. The van der Waals surface area contributed by atoms with Gasteiger partial charge in [-0.05, 0) is 38.0 Å². The second-order valence-electron chi connectivity index (χ2n) is 6.98. The van der Waals surface area contributed by atoms with E-state index in [4.69, 9.17) is 0 Å². The summed E-state index contributed by atoms with van der Waals surface area (Å²) in [6.07, 6.45) is 5.02. The number of nitrogens with one attached hydrogen (secondary N) is 2. The molecule has 6 heteroatoms. The number of ketones is 1. The van der Waals surface area contributed by atoms with Gasteiger partial charge in [0.25, 0.3) is 5.91 Å². The zero-order valence-corrected chi connectivity index (χ0v) is 15.5. The summed E-state index contributed by atoms with van der Waals surface area (Å²) in [6, 6.07) is 9.77. The van der Waals surface area contributed by atoms with Gasteiger partial charge in [0.15, 0.2) is 5.78 Å². The number of dihydropyridines is 1. The van der Waals surface area contributed by atoms with Crippen molar-refractivity contribution in [3.63, 3.8) is 0 Å². The highest BCUT2D eigenvalue weighted by Gasteiger charge is 2.39. The van der Waals surface area contributed by atoms with E-state index >= 15 is 0 Å². The summed E-state index contributed by atoms with van der Waals surface area (Å²) in [4.78, 5) is 29.9. The number of aromatic nitrogens is 1. The Labute approximate surface area is 162 Å². The smallest absolute Gasteiger partial charge is 0.254 e. The molecule has 1 amide bonds. The Balaban J connectivity index is 1.82. The van der Waals surface area contributed by atoms with Gasteiger partial charge in [0.1, 0.15) is 5.82 Å². The number of Topliss-reactive ketones (excluding diaryl/α,β-unsaturated/α-hetero) is 1. The number of nitrogens with zero attached hydrogens (tertiary/aromatic N) is 1. The van der Waals surface area contributed by atoms with Crippen LogP contribution in [0.1, 0.15) is 37.7 Å². The molecule has 28 heavy (non-hydrogen) atoms. The first-order chi connectivity index (χ1) is 13.6. The van der Waals surface area contributed by atoms with Gasteiger partial charge in [-0.25, -0.2) is 4.39 Å². The molecule has 0 spiro atoms. The third-order valence-corrected chi connectivity index (χ3v) is 5.16. The quantitative estimate of drug-likeness (QED) is 0.853. The van der Waals surface area contributed by atoms with Gasteiger partial charge >= 0.3 is 0 Å². The van der Waals surface area contributed by atoms with E-state index in [1.807, 2.05) is 0 Å². The summed E-state index contributed by atoms with van der Waals surface area (Å²) in [5, 5.41) is 6.04. The number of benzene rings is 1. The normalized spacial score (nSPS) is 19.2. The van der Waals surface area contributed by atoms with E-state index in [1.54, 1.807) is 49.6 Å². The van der Waals surface area contributed by atoms with Gasteiger partial charge in [-0.3, -0.25) is 14.6 Å². The van der Waals surface area contributed by atoms with Crippen LogP contribution in [0.15, 0.2) is 71.3 Å². The van der Waals surface area contributed by atoms with Crippen LogP contribution in [-0.4, -0.2) is 16.7 Å². The monoisotopic (exact) mass is 377 g/mol. The van der Waals surface area contributed by atoms with Crippen molar-refractivity contribution in [2.45, 2.75) is 32.1 Å². The van der Waals surface area contributed by atoms with Gasteiger partial charge < -0.3 is 10.6 Å². The highest BCUT2D eigenvalue weighted by atomic mass is 19.1. The second-order valence-corrected chi connectivity index (χ2v) is 6.98. The second kappa shape index (κ2) is 7.38. The average molecular weight is 377 g/mol. The molecule has 0 radical (unpaired) electrons. The van der Waals surface area contributed by atoms with Crippen molar-refractivity contribution in [1.82, 2.24) is 10.3 Å². The molecule has 0 bridgehead atoms. The van der Waals surface area contributed by atoms with Crippen LogP contribution < -0.4 is 10.6 Å². The molecule has 0 fully saturated rings. The number of anilines is 1. The van der Waals surface area contributed by atoms with Gasteiger partial charge in [0.05, 0.1) is 11.9 Å². The first-order valence-corrected chi connectivity index (χ1v) is 9.26. The maximum absolute atomic E-state index is 14.7. The molecule has 1 atom stereocenters. The van der Waals surface area contributed by atoms with Crippen LogP contribution in [0.3, 0.4) is 0 Å². The molecular formula is C22H20FN3O2. The number of hydrogen-bond acceptors (Lipinski definition) is 4. The predicted octanol–water partition coefficient (Wildman–Crippen LogP) is 3.83. The maximum atomic E-state index is 14.7. The van der Waals surface area contributed by atoms with Crippen LogP contribution in [0.25, 0.3) is 0 Å². The third-order valence-electron chi connectivity index (χ3n) is 5.16. The lowest BCUT2D eigenvalue weighted by atomic mass is 9.75. The van der Waals surface area contributed by atoms with Crippen molar-refractivity contribution in [1.29, 1.82) is 0 Å². The summed E-state index contributed by atoms with van der Waals surface area (Å²) in [5.74, 6) is -1.58. The Bertz CT molecular complexity index is 1010. The summed E-state index contributed by atoms with van der Waals surface area (Å²) < 4.78 is 14.7. The van der Waals surface area contributed by atoms with Crippen LogP contribution in [0, 0.1) is 5.82 Å². The minimum absolute atomic E-state index is 0.0406. The van der Waals surface area contributed by atoms with Crippen LogP contribution in [0.4, 0.5) is 10.1 Å². The number of amides is 1. The fraction of sp³-hybridized carbons (Fsp3) is 0.227. The molecule has 5 nitrogen and oxygen atoms in total. The molecule has 2 aliphatic rings. The van der Waals surface area contributed by atoms with E-state index < -0.39 is 11.7 Å². The summed E-state index contributed by atoms with van der Waals surface area (Å²) in [5.41, 5.74) is 3.14. The Kier molecular flexibility index (Phi) is 4.77. The number of rotatable bonds is 3. The Morgan fingerprint density at radius 1 is 1.21 bits per heavy atom. The van der Waals surface area contributed by atoms with Crippen LogP contribution in [-0.2, 0) is 9.59 Å². The van der Waals surface area contributed by atoms with Gasteiger partial charge in [-0.1, -0.05) is 18.2 Å². The van der Waals surface area contributed by atoms with E-state index in [0.717, 1.165) is 12.1 Å². The lowest BCUT2D eigenvalue weighted by molar-refractivity contribution is -0.116. The number of halogens is 1. The Morgan fingerprint density at radius 3 is 2.79 bits per heavy atom. The molecule has 0 saturated carbocycles. The van der Waals surface area contributed by atoms with Gasteiger partial charge in [0, 0.05) is 46.6 Å². The van der Waals surface area contributed by atoms with E-state index in [1.165, 1.54) is 6.07 Å². The number of carbonyl (C=O) groups is 2. The van der Waals surface area contributed by atoms with E-state index in [0.29, 0.717) is 40.9 Å². The molecule has 142 valence electrons. The fourth-order valence-corrected chi connectivity index (χ4v) is 3.94. The molecule has 1 aliphatic carbocycles. The summed E-state index contributed by atoms with van der Waals surface area (Å²) in [6.45, 7) is 1.79. The lowest BCUT2D eigenvalue weighted by Gasteiger charge is -2.34. The molecule has 1 aromatic carbocycles. The fourth-order valence-electron chi connectivity index (χ4n) is 3.94. The minimum Gasteiger partial charge on any atom is -0.362 e. The topological polar surface area (TPSA) is 71.1 Å². The van der Waals surface area contributed by atoms with E-state index in [2.05, 4.69) is 15.6 Å². The molecule has 1 aromatic heterocycles. The van der Waals surface area contributed by atoms with Gasteiger partial charge in [-0.15, -0.1) is 0 Å². The molecule has 0 unspecified atom stereocenters. The zero-order valence-electron chi connectivity index (χ0n) is 15.5. The van der Waals surface area contributed by atoms with Gasteiger partial charge in [-0.2, -0.15) is 0 Å². The Hall–Kier alpha value is -3.28. The maximum Gasteiger partial charge on any atom is 0.254 e. The van der Waals surface area contributed by atoms with Crippen LogP contribution >= 0.6 is 0 Å². The SMILES string of the molecule is CC1=C(C(=O)Nc2cccnc2)[C@H](c2ccccc2F)C2=C(CCCC2=O)N1. The van der Waals surface area contributed by atoms with Gasteiger partial charge in [0.2, 0.25) is 0 Å². The van der Waals surface area contributed by atoms with Crippen molar-refractivity contribution >= 4 is 17.4 Å². The van der Waals surface area contributed by atoms with Crippen molar-refractivity contribution < 1.29 is 14.0 Å². The van der Waals surface area contributed by atoms with Crippen molar-refractivity contribution in [3.05, 3.63) is 82.7 Å². The highest BCUT2D eigenvalue weighted by Crippen LogP contribution is 2.43. The number of carbonyl (C=O) groups excluding carboxylic acids is 2. The molecule has 2 heterocycles. The number of hydrogen-bond donors (Lipinski definition) is 2. The molecule has 2 N–H and O–H groups in total. The van der Waals surface area contributed by atoms with Crippen molar-refractivity contribution in [3.8, 4) is 0 Å². The molecule has 0 saturated heterocycles. The van der Waals surface area contributed by atoms with Crippen molar-refractivity contribution in [2.75, 3.05) is 5.32 Å². The highest BCUT2D eigenvalue weighted by molar-refractivity contribution is 6.09. The van der Waals surface area contributed by atoms with E-state index in [-0.39, 0.29) is 11.7 Å². The minimum atomic E-state index is -0.734. The largest absolute Gasteiger partial charge is 0.362 e. The Morgan fingerprint density at radius 2 is 2.04 bits per heavy atom. The van der Waals surface area contributed by atoms with Crippen LogP contribution in [0.5, 0.6) is 0 Å². The zero-order chi connectivity index (χ0) is 19.7. The number of pyridine rings is 1. The molecule has 1 aliphatic heterocycles. The molecule has 2 aromatic rings. The average Bonchev–Trinajstić information content (AvgIpc) is 2.68. The van der Waals surface area contributed by atoms with Crippen molar-refractivity contribution in [2.24, 2.45) is 0 Å². The lowest BCUT2D eigenvalue weighted by Crippen LogP contribution is -2.35. The summed E-state index contributed by atoms with van der Waals surface area (Å²) in [7, 11) is 0. The molecular weight excluding hydrogens is 357 g/mol. The summed E-state index contributed by atoms with van der Waals surface area (Å²) >= 11 is 0. The standard InChI is InChI=1S/C22H20FN3O2/c1-13-19(22(28)26-14-6-5-11-24-12-14)20(15-7-2-3-8-16(15)23)21-17(25-13)9-4-10-18(21)27/h2-3,5-8,11-12,20,25H,4,9-10H2,1H3,(H,26,28)/t20-/m0/s1. The third kappa shape index (κ3) is 3.22. The number of allylic oxidation sites excluding steroid dienone is 3. The molecule has 4 rings (SSSR count). The van der Waals surface area contributed by atoms with E-state index in [9.17, 15) is 14.0 Å². The first-order valence-electron chi connectivity index (χ1n) is 9.26.